The number of hydrogen-bond donors (Lipinski definition) is 0. The number of piperidine rings is 1. The summed E-state index contributed by atoms with van der Waals surface area (Å²) >= 11 is 0. The second-order valence-electron chi connectivity index (χ2n) is 6.35. The lowest BCUT2D eigenvalue weighted by atomic mass is 9.85. The van der Waals surface area contributed by atoms with Crippen molar-refractivity contribution in [3.63, 3.8) is 0 Å². The Morgan fingerprint density at radius 2 is 1.89 bits per heavy atom. The van der Waals surface area contributed by atoms with E-state index in [1.165, 1.54) is 12.1 Å². The molecule has 1 unspecified atom stereocenters. The minimum absolute atomic E-state index is 0.122. The summed E-state index contributed by atoms with van der Waals surface area (Å²) in [6.45, 7) is -7.67. The minimum atomic E-state index is -3.93. The highest BCUT2D eigenvalue weighted by Gasteiger charge is 2.34. The van der Waals surface area contributed by atoms with Crippen molar-refractivity contribution in [2.45, 2.75) is 32.1 Å². The van der Waals surface area contributed by atoms with Gasteiger partial charge in [-0.2, -0.15) is 0 Å². The summed E-state index contributed by atoms with van der Waals surface area (Å²) in [6.07, 6.45) is -12.0. The number of fused-ring (bicyclic) bond motifs is 1. The molecular formula is C24H29NO3. The van der Waals surface area contributed by atoms with Gasteiger partial charge >= 0.3 is 0 Å². The molecule has 28 heavy (non-hydrogen) atoms. The summed E-state index contributed by atoms with van der Waals surface area (Å²) in [4.78, 5) is 13.9. The molecule has 0 radical (unpaired) electrons. The van der Waals surface area contributed by atoms with Gasteiger partial charge in [0.05, 0.1) is 22.3 Å². The maximum absolute atomic E-state index is 13.7. The molecule has 0 aromatic heterocycles. The molecule has 1 aliphatic carbocycles. The molecule has 148 valence electrons. The fraction of sp³-hybridized carbons (Fsp3) is 0.458. The lowest BCUT2D eigenvalue weighted by molar-refractivity contribution is 0.0895. The van der Waals surface area contributed by atoms with Gasteiger partial charge in [-0.05, 0) is 67.7 Å². The third-order valence-corrected chi connectivity index (χ3v) is 4.53. The maximum atomic E-state index is 13.7. The van der Waals surface area contributed by atoms with Crippen molar-refractivity contribution in [3.05, 3.63) is 59.2 Å². The molecule has 2 aromatic carbocycles. The number of rotatable bonds is 6. The Kier molecular flexibility index (Phi) is 2.24. The van der Waals surface area contributed by atoms with Crippen LogP contribution in [0.4, 0.5) is 0 Å². The summed E-state index contributed by atoms with van der Waals surface area (Å²) in [7, 11) is -6.25. The van der Waals surface area contributed by atoms with Crippen molar-refractivity contribution in [1.29, 1.82) is 0 Å². The first-order chi connectivity index (χ1) is 20.1. The number of ketones is 1. The number of carbonyl (C=O) groups excluding carboxylic acids is 1. The van der Waals surface area contributed by atoms with Crippen LogP contribution in [-0.4, -0.2) is 37.8 Å². The van der Waals surface area contributed by atoms with Crippen LogP contribution in [0.25, 0.3) is 0 Å². The molecule has 1 aliphatic heterocycles. The van der Waals surface area contributed by atoms with E-state index in [0.29, 0.717) is 0 Å². The van der Waals surface area contributed by atoms with Crippen molar-refractivity contribution in [2.24, 2.45) is 11.8 Å². The van der Waals surface area contributed by atoms with Gasteiger partial charge in [-0.3, -0.25) is 9.69 Å². The Balaban J connectivity index is 1.84. The van der Waals surface area contributed by atoms with Crippen LogP contribution in [0.2, 0.25) is 0 Å². The normalized spacial score (nSPS) is 38.9. The van der Waals surface area contributed by atoms with Crippen LogP contribution in [0.1, 0.15) is 63.9 Å². The molecule has 1 fully saturated rings. The zero-order valence-electron chi connectivity index (χ0n) is 31.7. The van der Waals surface area contributed by atoms with Crippen LogP contribution >= 0.6 is 0 Å². The number of carbonyl (C=O) groups is 1. The van der Waals surface area contributed by atoms with Crippen LogP contribution in [0, 0.1) is 11.8 Å². The second-order valence-corrected chi connectivity index (χ2v) is 6.35. The first-order valence-corrected chi connectivity index (χ1v) is 8.54. The molecule has 2 aromatic rings. The summed E-state index contributed by atoms with van der Waals surface area (Å²) in [6, 6.07) is 9.38. The molecule has 0 spiro atoms. The topological polar surface area (TPSA) is 38.8 Å². The first kappa shape index (κ1) is 7.49. The third-order valence-electron chi connectivity index (χ3n) is 4.53. The monoisotopic (exact) mass is 396 g/mol. The van der Waals surface area contributed by atoms with Gasteiger partial charge < -0.3 is 9.47 Å². The average molecular weight is 397 g/mol. The van der Waals surface area contributed by atoms with Crippen molar-refractivity contribution >= 4 is 5.78 Å². The van der Waals surface area contributed by atoms with Gasteiger partial charge in [0.15, 0.2) is 17.3 Å². The van der Waals surface area contributed by atoms with Gasteiger partial charge in [0.1, 0.15) is 0 Å². The molecule has 4 heteroatoms. The number of likely N-dealkylation sites (tertiary alicyclic amines) is 1. The fourth-order valence-corrected chi connectivity index (χ4v) is 3.17. The Morgan fingerprint density at radius 3 is 2.61 bits per heavy atom. The zero-order chi connectivity index (χ0) is 34.4. The lowest BCUT2D eigenvalue weighted by Crippen LogP contribution is -2.34. The van der Waals surface area contributed by atoms with Crippen LogP contribution in [0.15, 0.2) is 42.5 Å². The highest BCUT2D eigenvalue weighted by atomic mass is 16.5. The highest BCUT2D eigenvalue weighted by molar-refractivity contribution is 6.02. The van der Waals surface area contributed by atoms with E-state index in [4.69, 9.17) is 32.8 Å². The summed E-state index contributed by atoms with van der Waals surface area (Å²) in [5, 5.41) is 0. The maximum Gasteiger partial charge on any atom is 0.166 e. The molecule has 0 saturated carbocycles. The van der Waals surface area contributed by atoms with Crippen molar-refractivity contribution in [2.75, 3.05) is 27.1 Å². The number of hydrogen-bond acceptors (Lipinski definition) is 4. The SMILES string of the molecule is [2H]C([2H])([2H])Oc1cc2c(cc1OC([2H])([2H])[2H])C(=O)C(C([2H])([2H])C1([2H])C([2H])([2H])C([2H])([2H])N(Cc3ccccc3)C([2H])([2H])C1([2H])[2H])C2. The van der Waals surface area contributed by atoms with Crippen molar-refractivity contribution in [3.8, 4) is 11.5 Å². The summed E-state index contributed by atoms with van der Waals surface area (Å²) < 4.78 is 151. The average Bonchev–Trinajstić information content (AvgIpc) is 3.20. The molecule has 0 N–H and O–H groups in total. The van der Waals surface area contributed by atoms with Gasteiger partial charge in [0.25, 0.3) is 0 Å². The van der Waals surface area contributed by atoms with E-state index in [9.17, 15) is 4.79 Å². The Hall–Kier alpha value is -2.33. The second kappa shape index (κ2) is 8.36. The van der Waals surface area contributed by atoms with E-state index >= 15 is 0 Å². The fourth-order valence-electron chi connectivity index (χ4n) is 3.17. The molecular weight excluding hydrogens is 350 g/mol. The molecule has 0 amide bonds. The van der Waals surface area contributed by atoms with Crippen molar-refractivity contribution in [1.82, 2.24) is 4.90 Å². The predicted octanol–water partition coefficient (Wildman–Crippen LogP) is 4.36. The number of nitrogens with zero attached hydrogens (tertiary/aromatic N) is 1. The molecule has 1 heterocycles. The summed E-state index contributed by atoms with van der Waals surface area (Å²) in [5.41, 5.74) is -0.245. The van der Waals surface area contributed by atoms with Gasteiger partial charge in [0, 0.05) is 33.1 Å². The number of benzene rings is 2. The molecule has 1 saturated heterocycles. The number of Topliss-reactive ketones (excluding diaryl/α,β-unsaturated/α-hetero) is 1. The van der Waals surface area contributed by atoms with Crippen LogP contribution < -0.4 is 9.47 Å². The molecule has 1 atom stereocenters. The van der Waals surface area contributed by atoms with E-state index in [2.05, 4.69) is 0 Å². The minimum Gasteiger partial charge on any atom is -0.493 e. The van der Waals surface area contributed by atoms with Crippen LogP contribution in [0.3, 0.4) is 0 Å². The van der Waals surface area contributed by atoms with Gasteiger partial charge in [-0.25, -0.2) is 0 Å². The van der Waals surface area contributed by atoms with E-state index in [0.717, 1.165) is 12.1 Å². The lowest BCUT2D eigenvalue weighted by Gasteiger charge is -2.32. The smallest absolute Gasteiger partial charge is 0.166 e. The first-order valence-electron chi connectivity index (χ1n) is 17.0. The van der Waals surface area contributed by atoms with Gasteiger partial charge in [-0.1, -0.05) is 30.3 Å². The van der Waals surface area contributed by atoms with E-state index in [-0.39, 0.29) is 16.0 Å². The van der Waals surface area contributed by atoms with Crippen LogP contribution in [-0.2, 0) is 13.0 Å². The highest BCUT2D eigenvalue weighted by Crippen LogP contribution is 2.39. The van der Waals surface area contributed by atoms with Gasteiger partial charge in [0.2, 0.25) is 0 Å². The predicted molar refractivity (Wildman–Crippen MR) is 110 cm³/mol. The molecule has 4 rings (SSSR count). The molecule has 4 nitrogen and oxygen atoms in total. The third kappa shape index (κ3) is 3.93. The van der Waals surface area contributed by atoms with E-state index in [1.54, 1.807) is 18.2 Å². The number of ether oxygens (including phenoxy) is 2. The summed E-state index contributed by atoms with van der Waals surface area (Å²) in [5.74, 6) is -8.58. The van der Waals surface area contributed by atoms with E-state index in [1.807, 2.05) is 0 Å². The zero-order valence-corrected chi connectivity index (χ0v) is 14.7. The van der Waals surface area contributed by atoms with Gasteiger partial charge in [-0.15, -0.1) is 0 Å². The molecule has 0 bridgehead atoms. The largest absolute Gasteiger partial charge is 0.493 e. The Morgan fingerprint density at radius 1 is 1.18 bits per heavy atom. The number of methoxy groups -OCH3 is 2. The standard InChI is InChI=1S/C24H29NO3/c1-27-22-14-19-13-20(24(26)21(19)15-23(22)28-2)12-17-8-10-25(11-9-17)16-18-6-4-3-5-7-18/h3-7,14-15,17,20H,8-13,16H2,1-2H3/i1D3,2D3,8D2,9D2,10D2,11D2,12D2,17D. The van der Waals surface area contributed by atoms with Crippen LogP contribution in [0.5, 0.6) is 11.5 Å². The molecule has 2 aliphatic rings. The van der Waals surface area contributed by atoms with E-state index < -0.39 is 93.8 Å². The van der Waals surface area contributed by atoms with Crippen molar-refractivity contribution < 1.29 is 37.6 Å². The quantitative estimate of drug-likeness (QED) is 0.727. The Labute approximate surface area is 191 Å². The Bertz CT molecular complexity index is 1440.